The van der Waals surface area contributed by atoms with Crippen LogP contribution < -0.4 is 5.32 Å². The predicted octanol–water partition coefficient (Wildman–Crippen LogP) is 2.09. The SMILES string of the molecule is CCNC(F)(F)C(F)C(F)(F)F. The molecule has 1 atom stereocenters. The van der Waals surface area contributed by atoms with Gasteiger partial charge in [-0.25, -0.2) is 4.39 Å². The molecule has 0 saturated carbocycles. The van der Waals surface area contributed by atoms with Gasteiger partial charge in [0.2, 0.25) is 0 Å². The normalized spacial score (nSPS) is 16.2. The molecule has 0 heterocycles. The van der Waals surface area contributed by atoms with Gasteiger partial charge in [0.25, 0.3) is 6.17 Å². The Morgan fingerprint density at radius 1 is 1.17 bits per heavy atom. The Hall–Kier alpha value is -0.460. The quantitative estimate of drug-likeness (QED) is 0.537. The van der Waals surface area contributed by atoms with Crippen molar-refractivity contribution in [1.82, 2.24) is 5.32 Å². The Kier molecular flexibility index (Phi) is 3.37. The van der Waals surface area contributed by atoms with Crippen LogP contribution in [0.4, 0.5) is 26.3 Å². The van der Waals surface area contributed by atoms with E-state index in [0.29, 0.717) is 0 Å². The summed E-state index contributed by atoms with van der Waals surface area (Å²) in [5, 5.41) is 1.10. The van der Waals surface area contributed by atoms with E-state index in [-0.39, 0.29) is 0 Å². The van der Waals surface area contributed by atoms with Gasteiger partial charge in [-0.3, -0.25) is 5.32 Å². The molecular weight excluding hydrogens is 188 g/mol. The molecule has 0 amide bonds. The lowest BCUT2D eigenvalue weighted by molar-refractivity contribution is -0.252. The second kappa shape index (κ2) is 3.51. The first kappa shape index (κ1) is 11.5. The zero-order valence-electron chi connectivity index (χ0n) is 6.05. The summed E-state index contributed by atoms with van der Waals surface area (Å²) in [4.78, 5) is 0. The van der Waals surface area contributed by atoms with Gasteiger partial charge in [0.15, 0.2) is 0 Å². The second-order valence-corrected chi connectivity index (χ2v) is 2.06. The maximum Gasteiger partial charge on any atom is 0.427 e. The van der Waals surface area contributed by atoms with Crippen LogP contribution in [0.2, 0.25) is 0 Å². The summed E-state index contributed by atoms with van der Waals surface area (Å²) in [6, 6.07) is -4.55. The Balaban J connectivity index is 4.34. The minimum absolute atomic E-state index is 0.441. The number of alkyl halides is 6. The van der Waals surface area contributed by atoms with Crippen LogP contribution >= 0.6 is 0 Å². The van der Waals surface area contributed by atoms with E-state index < -0.39 is 24.9 Å². The molecule has 0 aliphatic heterocycles. The van der Waals surface area contributed by atoms with Gasteiger partial charge in [-0.05, 0) is 6.54 Å². The van der Waals surface area contributed by atoms with E-state index in [9.17, 15) is 26.3 Å². The van der Waals surface area contributed by atoms with Crippen LogP contribution in [-0.4, -0.2) is 24.9 Å². The smallest absolute Gasteiger partial charge is 0.256 e. The fourth-order valence-corrected chi connectivity index (χ4v) is 0.531. The lowest BCUT2D eigenvalue weighted by atomic mass is 10.3. The van der Waals surface area contributed by atoms with Crippen molar-refractivity contribution < 1.29 is 26.3 Å². The molecule has 0 aliphatic rings. The summed E-state index contributed by atoms with van der Waals surface area (Å²) in [6.45, 7) is 0.709. The van der Waals surface area contributed by atoms with Gasteiger partial charge in [-0.2, -0.15) is 22.0 Å². The fourth-order valence-electron chi connectivity index (χ4n) is 0.531. The van der Waals surface area contributed by atoms with Gasteiger partial charge in [0.1, 0.15) is 0 Å². The summed E-state index contributed by atoms with van der Waals surface area (Å²) in [5.41, 5.74) is 0. The van der Waals surface area contributed by atoms with Crippen LogP contribution in [0, 0.1) is 0 Å². The molecule has 1 nitrogen and oxygen atoms in total. The summed E-state index contributed by atoms with van der Waals surface area (Å²) in [5.74, 6) is 0. The Bertz CT molecular complexity index is 141. The molecule has 0 aliphatic carbocycles. The minimum atomic E-state index is -5.54. The number of rotatable bonds is 3. The first-order valence-corrected chi connectivity index (χ1v) is 3.05. The molecule has 0 radical (unpaired) electrons. The third-order valence-corrected chi connectivity index (χ3v) is 1.02. The minimum Gasteiger partial charge on any atom is -0.256 e. The zero-order chi connectivity index (χ0) is 9.99. The summed E-state index contributed by atoms with van der Waals surface area (Å²) in [7, 11) is 0. The van der Waals surface area contributed by atoms with Crippen molar-refractivity contribution in [2.75, 3.05) is 6.54 Å². The summed E-state index contributed by atoms with van der Waals surface area (Å²) in [6.07, 6.45) is -9.70. The zero-order valence-corrected chi connectivity index (χ0v) is 6.05. The van der Waals surface area contributed by atoms with E-state index in [1.807, 2.05) is 0 Å². The monoisotopic (exact) mass is 195 g/mol. The average Bonchev–Trinajstić information content (AvgIpc) is 1.84. The van der Waals surface area contributed by atoms with Gasteiger partial charge in [0, 0.05) is 0 Å². The van der Waals surface area contributed by atoms with Crippen LogP contribution in [0.5, 0.6) is 0 Å². The highest BCUT2D eigenvalue weighted by Gasteiger charge is 2.56. The highest BCUT2D eigenvalue weighted by Crippen LogP contribution is 2.32. The number of halogens is 6. The Labute approximate surface area is 64.7 Å². The van der Waals surface area contributed by atoms with E-state index in [1.165, 1.54) is 0 Å². The third kappa shape index (κ3) is 2.88. The molecule has 1 unspecified atom stereocenters. The van der Waals surface area contributed by atoms with Crippen LogP contribution in [-0.2, 0) is 0 Å². The molecule has 0 spiro atoms. The molecule has 74 valence electrons. The summed E-state index contributed by atoms with van der Waals surface area (Å²) >= 11 is 0. The molecule has 0 aromatic heterocycles. The van der Waals surface area contributed by atoms with Crippen molar-refractivity contribution in [3.63, 3.8) is 0 Å². The molecule has 0 saturated heterocycles. The molecule has 0 aromatic rings. The van der Waals surface area contributed by atoms with E-state index in [0.717, 1.165) is 12.2 Å². The van der Waals surface area contributed by atoms with E-state index >= 15 is 0 Å². The molecule has 0 fully saturated rings. The highest BCUT2D eigenvalue weighted by molar-refractivity contribution is 4.80. The first-order valence-electron chi connectivity index (χ1n) is 3.05. The third-order valence-electron chi connectivity index (χ3n) is 1.02. The number of hydrogen-bond acceptors (Lipinski definition) is 1. The molecule has 7 heteroatoms. The Morgan fingerprint density at radius 2 is 1.58 bits per heavy atom. The van der Waals surface area contributed by atoms with E-state index in [4.69, 9.17) is 0 Å². The van der Waals surface area contributed by atoms with Crippen LogP contribution in [0.1, 0.15) is 6.92 Å². The van der Waals surface area contributed by atoms with Crippen molar-refractivity contribution in [3.05, 3.63) is 0 Å². The summed E-state index contributed by atoms with van der Waals surface area (Å²) < 4.78 is 70.3. The second-order valence-electron chi connectivity index (χ2n) is 2.06. The van der Waals surface area contributed by atoms with Crippen LogP contribution in [0.15, 0.2) is 0 Å². The van der Waals surface area contributed by atoms with E-state index in [1.54, 1.807) is 0 Å². The number of nitrogens with one attached hydrogen (secondary N) is 1. The maximum absolute atomic E-state index is 12.1. The van der Waals surface area contributed by atoms with Gasteiger partial charge < -0.3 is 0 Å². The van der Waals surface area contributed by atoms with Gasteiger partial charge >= 0.3 is 12.2 Å². The molecule has 1 N–H and O–H groups in total. The largest absolute Gasteiger partial charge is 0.427 e. The van der Waals surface area contributed by atoms with Gasteiger partial charge in [0.05, 0.1) is 0 Å². The predicted molar refractivity (Wildman–Crippen MR) is 29.6 cm³/mol. The number of hydrogen-bond donors (Lipinski definition) is 1. The van der Waals surface area contributed by atoms with Crippen molar-refractivity contribution >= 4 is 0 Å². The molecule has 0 rings (SSSR count). The van der Waals surface area contributed by atoms with Crippen molar-refractivity contribution in [2.45, 2.75) is 25.3 Å². The van der Waals surface area contributed by atoms with Crippen LogP contribution in [0.25, 0.3) is 0 Å². The van der Waals surface area contributed by atoms with Crippen LogP contribution in [0.3, 0.4) is 0 Å². The molecule has 0 bridgehead atoms. The fraction of sp³-hybridized carbons (Fsp3) is 1.00. The lowest BCUT2D eigenvalue weighted by Gasteiger charge is -2.22. The van der Waals surface area contributed by atoms with Crippen molar-refractivity contribution in [2.24, 2.45) is 0 Å². The first-order chi connectivity index (χ1) is 5.22. The standard InChI is InChI=1S/C5H7F6N/c1-2-12-5(10,11)3(6)4(7,8)9/h3,12H,2H2,1H3. The van der Waals surface area contributed by atoms with Gasteiger partial charge in [-0.1, -0.05) is 6.92 Å². The van der Waals surface area contributed by atoms with Gasteiger partial charge in [-0.15, -0.1) is 0 Å². The Morgan fingerprint density at radius 3 is 1.83 bits per heavy atom. The maximum atomic E-state index is 12.1. The topological polar surface area (TPSA) is 12.0 Å². The highest BCUT2D eigenvalue weighted by atomic mass is 19.4. The molecule has 12 heavy (non-hydrogen) atoms. The van der Waals surface area contributed by atoms with Crippen molar-refractivity contribution in [3.8, 4) is 0 Å². The van der Waals surface area contributed by atoms with Crippen molar-refractivity contribution in [1.29, 1.82) is 0 Å². The average molecular weight is 195 g/mol. The lowest BCUT2D eigenvalue weighted by Crippen LogP contribution is -2.51. The van der Waals surface area contributed by atoms with E-state index in [2.05, 4.69) is 0 Å². The molecular formula is C5H7F6N. The molecule has 0 aromatic carbocycles.